The number of aryl methyl sites for hydroxylation is 1. The summed E-state index contributed by atoms with van der Waals surface area (Å²) in [6.07, 6.45) is 5.11. The van der Waals surface area contributed by atoms with Crippen LogP contribution in [0.1, 0.15) is 23.5 Å². The molecule has 0 bridgehead atoms. The van der Waals surface area contributed by atoms with Crippen LogP contribution < -0.4 is 5.32 Å². The fourth-order valence-electron chi connectivity index (χ4n) is 5.20. The molecule has 3 heterocycles. The van der Waals surface area contributed by atoms with E-state index in [1.54, 1.807) is 0 Å². The van der Waals surface area contributed by atoms with E-state index in [4.69, 9.17) is 5.41 Å². The first-order valence-corrected chi connectivity index (χ1v) is 12.0. The van der Waals surface area contributed by atoms with Crippen molar-refractivity contribution in [3.63, 3.8) is 0 Å². The summed E-state index contributed by atoms with van der Waals surface area (Å²) in [5, 5.41) is 13.5. The van der Waals surface area contributed by atoms with Crippen molar-refractivity contribution in [1.29, 1.82) is 5.41 Å². The maximum Gasteiger partial charge on any atom is 0.329 e. The number of nitrogens with zero attached hydrogens (tertiary/aromatic N) is 4. The molecule has 2 atom stereocenters. The van der Waals surface area contributed by atoms with Gasteiger partial charge in [0.2, 0.25) is 5.84 Å². The van der Waals surface area contributed by atoms with Crippen LogP contribution in [-0.4, -0.2) is 71.8 Å². The summed E-state index contributed by atoms with van der Waals surface area (Å²) in [6, 6.07) is 18.2. The number of carbonyl (C=O) groups excluding carboxylic acids is 1. The highest BCUT2D eigenvalue weighted by atomic mass is 16.2. The van der Waals surface area contributed by atoms with Crippen molar-refractivity contribution in [3.05, 3.63) is 71.9 Å². The van der Waals surface area contributed by atoms with Crippen LogP contribution >= 0.6 is 0 Å². The Kier molecular flexibility index (Phi) is 6.06. The number of quaternary nitrogens is 1. The average Bonchev–Trinajstić information content (AvgIpc) is 3.53. The summed E-state index contributed by atoms with van der Waals surface area (Å²) in [6.45, 7) is 4.36. The molecule has 2 aromatic carbocycles. The van der Waals surface area contributed by atoms with Crippen LogP contribution in [0.25, 0.3) is 10.9 Å². The summed E-state index contributed by atoms with van der Waals surface area (Å²) in [5.41, 5.74) is 3.31. The summed E-state index contributed by atoms with van der Waals surface area (Å²) < 4.78 is 2.26. The molecule has 2 N–H and O–H groups in total. The Morgan fingerprint density at radius 3 is 2.62 bits per heavy atom. The van der Waals surface area contributed by atoms with Gasteiger partial charge < -0.3 is 9.47 Å². The zero-order chi connectivity index (χ0) is 23.7. The predicted molar refractivity (Wildman–Crippen MR) is 136 cm³/mol. The van der Waals surface area contributed by atoms with Gasteiger partial charge in [-0.1, -0.05) is 48.5 Å². The first kappa shape index (κ1) is 22.5. The zero-order valence-electron chi connectivity index (χ0n) is 19.9. The lowest BCUT2D eigenvalue weighted by Gasteiger charge is -2.20. The van der Waals surface area contributed by atoms with Crippen LogP contribution in [0.5, 0.6) is 0 Å². The molecule has 2 aliphatic rings. The van der Waals surface area contributed by atoms with Crippen molar-refractivity contribution in [2.24, 2.45) is 4.99 Å². The molecule has 0 spiro atoms. The Morgan fingerprint density at radius 2 is 1.85 bits per heavy atom. The number of amidine groups is 1. The minimum Gasteiger partial charge on any atom is -0.361 e. The topological polar surface area (TPSA) is 73.5 Å². The van der Waals surface area contributed by atoms with Crippen LogP contribution in [0, 0.1) is 5.41 Å². The zero-order valence-corrected chi connectivity index (χ0v) is 19.9. The molecule has 1 fully saturated rings. The Labute approximate surface area is 200 Å². The minimum atomic E-state index is -0.400. The number of carbonyl (C=O) groups is 1. The van der Waals surface area contributed by atoms with Crippen molar-refractivity contribution in [2.75, 3.05) is 33.7 Å². The Bertz CT molecular complexity index is 1230. The third kappa shape index (κ3) is 4.06. The van der Waals surface area contributed by atoms with Gasteiger partial charge in [0.1, 0.15) is 12.0 Å². The fourth-order valence-corrected chi connectivity index (χ4v) is 5.20. The van der Waals surface area contributed by atoms with Gasteiger partial charge in [-0.3, -0.25) is 15.7 Å². The molecule has 1 saturated heterocycles. The highest BCUT2D eigenvalue weighted by Gasteiger charge is 2.56. The first-order chi connectivity index (χ1) is 16.5. The van der Waals surface area contributed by atoms with E-state index in [9.17, 15) is 4.79 Å². The van der Waals surface area contributed by atoms with Gasteiger partial charge in [0.05, 0.1) is 27.0 Å². The van der Waals surface area contributed by atoms with E-state index >= 15 is 0 Å². The molecule has 1 amide bonds. The van der Waals surface area contributed by atoms with Gasteiger partial charge in [0.25, 0.3) is 0 Å². The normalized spacial score (nSPS) is 21.8. The highest BCUT2D eigenvalue weighted by Crippen LogP contribution is 2.38. The number of benzene rings is 2. The van der Waals surface area contributed by atoms with E-state index < -0.39 is 5.92 Å². The Morgan fingerprint density at radius 1 is 1.09 bits per heavy atom. The smallest absolute Gasteiger partial charge is 0.329 e. The van der Waals surface area contributed by atoms with Crippen molar-refractivity contribution < 1.29 is 9.28 Å². The number of nitrogens with one attached hydrogen (secondary N) is 2. The van der Waals surface area contributed by atoms with Crippen LogP contribution in [0.15, 0.2) is 65.8 Å². The molecule has 176 valence electrons. The van der Waals surface area contributed by atoms with Crippen LogP contribution in [-0.2, 0) is 17.9 Å². The van der Waals surface area contributed by atoms with E-state index in [-0.39, 0.29) is 16.4 Å². The van der Waals surface area contributed by atoms with Gasteiger partial charge in [0, 0.05) is 43.3 Å². The quantitative estimate of drug-likeness (QED) is 0.510. The molecule has 5 rings (SSSR count). The Hall–Kier alpha value is -3.29. The summed E-state index contributed by atoms with van der Waals surface area (Å²) in [4.78, 5) is 20.2. The molecular formula is C27H33N6O+. The first-order valence-electron chi connectivity index (χ1n) is 12.0. The van der Waals surface area contributed by atoms with Gasteiger partial charge >= 0.3 is 5.91 Å². The molecule has 3 aromatic rings. The molecule has 34 heavy (non-hydrogen) atoms. The van der Waals surface area contributed by atoms with E-state index in [0.29, 0.717) is 12.4 Å². The molecule has 0 radical (unpaired) electrons. The molecular weight excluding hydrogens is 424 g/mol. The van der Waals surface area contributed by atoms with Gasteiger partial charge in [0.15, 0.2) is 0 Å². The number of aliphatic imine (C=N–C) groups is 1. The largest absolute Gasteiger partial charge is 0.361 e. The Balaban J connectivity index is 1.45. The molecule has 7 nitrogen and oxygen atoms in total. The van der Waals surface area contributed by atoms with Crippen LogP contribution in [0.3, 0.4) is 0 Å². The second kappa shape index (κ2) is 9.16. The van der Waals surface area contributed by atoms with Crippen LogP contribution in [0.4, 0.5) is 0 Å². The number of rotatable bonds is 8. The fraction of sp³-hybridized carbons (Fsp3) is 0.370. The molecule has 7 heteroatoms. The summed E-state index contributed by atoms with van der Waals surface area (Å²) in [5.74, 6) is 0.0749. The van der Waals surface area contributed by atoms with E-state index in [0.717, 1.165) is 54.6 Å². The molecule has 2 unspecified atom stereocenters. The SMILES string of the molecule is C[N+]1(C)C(=N)C(NCc2ccccc2)C(c2cn(CCCN3C=NCC3)c3ccccc23)C1=O. The molecule has 0 aliphatic carbocycles. The lowest BCUT2D eigenvalue weighted by molar-refractivity contribution is -0.715. The van der Waals surface area contributed by atoms with Crippen molar-refractivity contribution in [1.82, 2.24) is 14.8 Å². The standard InChI is InChI=1S/C27H33N6O/c1-33(2)26(28)25(30-17-20-9-4-3-5-10-20)24(27(33)34)22-18-32(23-12-7-6-11-21(22)23)15-8-14-31-16-13-29-19-31/h3-7,9-12,18-19,24-25,28,30H,8,13-17H2,1-2H3/q+1. The number of likely N-dealkylation sites (N-methyl/N-ethyl adjacent to an activating group) is 1. The molecule has 2 aliphatic heterocycles. The summed E-state index contributed by atoms with van der Waals surface area (Å²) in [7, 11) is 3.66. The van der Waals surface area contributed by atoms with Crippen molar-refractivity contribution in [2.45, 2.75) is 31.5 Å². The van der Waals surface area contributed by atoms with E-state index in [2.05, 4.69) is 56.3 Å². The molecule has 0 saturated carbocycles. The second-order valence-electron chi connectivity index (χ2n) is 9.70. The monoisotopic (exact) mass is 457 g/mol. The lowest BCUT2D eigenvalue weighted by atomic mass is 9.92. The number of para-hydroxylation sites is 1. The van der Waals surface area contributed by atoms with Gasteiger partial charge in [-0.25, -0.2) is 9.28 Å². The summed E-state index contributed by atoms with van der Waals surface area (Å²) >= 11 is 0. The average molecular weight is 458 g/mol. The predicted octanol–water partition coefficient (Wildman–Crippen LogP) is 3.21. The number of aromatic nitrogens is 1. The highest BCUT2D eigenvalue weighted by molar-refractivity contribution is 6.04. The van der Waals surface area contributed by atoms with Crippen LogP contribution in [0.2, 0.25) is 0 Å². The van der Waals surface area contributed by atoms with E-state index in [1.165, 1.54) is 0 Å². The molecule has 1 aromatic heterocycles. The third-order valence-corrected chi connectivity index (χ3v) is 7.18. The maximum atomic E-state index is 13.7. The number of hydrogen-bond donors (Lipinski definition) is 2. The van der Waals surface area contributed by atoms with Gasteiger partial charge in [-0.05, 0) is 23.6 Å². The second-order valence-corrected chi connectivity index (χ2v) is 9.70. The minimum absolute atomic E-state index is 0.0229. The van der Waals surface area contributed by atoms with E-state index in [1.807, 2.05) is 44.7 Å². The number of likely N-dealkylation sites (tertiary alicyclic amines) is 1. The number of amides is 1. The van der Waals surface area contributed by atoms with Gasteiger partial charge in [-0.2, -0.15) is 0 Å². The maximum absolute atomic E-state index is 13.7. The number of hydrogen-bond acceptors (Lipinski definition) is 5. The number of fused-ring (bicyclic) bond motifs is 1. The van der Waals surface area contributed by atoms with Crippen molar-refractivity contribution >= 4 is 29.0 Å². The van der Waals surface area contributed by atoms with Gasteiger partial charge in [-0.15, -0.1) is 0 Å². The third-order valence-electron chi connectivity index (χ3n) is 7.18. The van der Waals surface area contributed by atoms with Crippen molar-refractivity contribution in [3.8, 4) is 0 Å². The lowest BCUT2D eigenvalue weighted by Crippen LogP contribution is -2.48.